The van der Waals surface area contributed by atoms with Crippen LogP contribution in [0.3, 0.4) is 0 Å². The Morgan fingerprint density at radius 2 is 1.79 bits per heavy atom. The third kappa shape index (κ3) is 5.03. The molecule has 4 nitrogen and oxygen atoms in total. The van der Waals surface area contributed by atoms with Crippen molar-refractivity contribution in [1.29, 1.82) is 0 Å². The fraction of sp³-hybridized carbons (Fsp3) is 0.333. The zero-order valence-electron chi connectivity index (χ0n) is 16.3. The van der Waals surface area contributed by atoms with Gasteiger partial charge in [-0.2, -0.15) is 0 Å². The summed E-state index contributed by atoms with van der Waals surface area (Å²) in [5, 5.41) is 1.41. The van der Waals surface area contributed by atoms with Crippen LogP contribution in [0, 0.1) is 6.92 Å². The average Bonchev–Trinajstić information content (AvgIpc) is 3.09. The van der Waals surface area contributed by atoms with Gasteiger partial charge in [0.05, 0.1) is 10.2 Å². The van der Waals surface area contributed by atoms with Gasteiger partial charge in [-0.3, -0.25) is 9.69 Å². The standard InChI is InChI=1S/C21H24ClN3OS.ClH/c1-4-24(5-2)11-12-25(20(26)16-9-7-6-8-10-16)21-23-19-15(3)13-17(22)14-18(19)27-21;/h6-10,13-14H,4-5,11-12H2,1-3H3;1H. The second-order valence-corrected chi connectivity index (χ2v) is 7.86. The van der Waals surface area contributed by atoms with Crippen molar-refractivity contribution < 1.29 is 4.79 Å². The maximum Gasteiger partial charge on any atom is 0.260 e. The number of halogens is 2. The van der Waals surface area contributed by atoms with E-state index in [1.807, 2.05) is 49.4 Å². The van der Waals surface area contributed by atoms with Crippen LogP contribution >= 0.6 is 35.3 Å². The Balaban J connectivity index is 0.00000280. The molecule has 1 aromatic heterocycles. The fourth-order valence-corrected chi connectivity index (χ4v) is 4.50. The Hall–Kier alpha value is -1.66. The van der Waals surface area contributed by atoms with Gasteiger partial charge in [-0.1, -0.05) is 55.0 Å². The highest BCUT2D eigenvalue weighted by Crippen LogP contribution is 2.33. The topological polar surface area (TPSA) is 36.4 Å². The van der Waals surface area contributed by atoms with E-state index in [-0.39, 0.29) is 18.3 Å². The number of aryl methyl sites for hydroxylation is 1. The normalized spacial score (nSPS) is 10.9. The number of likely N-dealkylation sites (N-methyl/N-ethyl adjacent to an activating group) is 1. The van der Waals surface area contributed by atoms with E-state index in [0.29, 0.717) is 17.1 Å². The highest BCUT2D eigenvalue weighted by Gasteiger charge is 2.22. The first kappa shape index (κ1) is 22.6. The van der Waals surface area contributed by atoms with Crippen molar-refractivity contribution >= 4 is 56.6 Å². The van der Waals surface area contributed by atoms with Gasteiger partial charge in [0, 0.05) is 23.7 Å². The van der Waals surface area contributed by atoms with E-state index in [1.54, 1.807) is 4.90 Å². The summed E-state index contributed by atoms with van der Waals surface area (Å²) in [5.74, 6) is -0.0226. The summed E-state index contributed by atoms with van der Waals surface area (Å²) in [6, 6.07) is 13.2. The molecule has 1 amide bonds. The molecule has 0 N–H and O–H groups in total. The van der Waals surface area contributed by atoms with Crippen molar-refractivity contribution in [2.45, 2.75) is 20.8 Å². The van der Waals surface area contributed by atoms with E-state index in [1.165, 1.54) is 11.3 Å². The zero-order chi connectivity index (χ0) is 19.4. The van der Waals surface area contributed by atoms with Crippen LogP contribution in [-0.2, 0) is 0 Å². The summed E-state index contributed by atoms with van der Waals surface area (Å²) in [5.41, 5.74) is 2.61. The molecule has 0 aliphatic rings. The first-order valence-corrected chi connectivity index (χ1v) is 10.4. The molecule has 0 unspecified atom stereocenters. The Labute approximate surface area is 181 Å². The SMILES string of the molecule is CCN(CC)CCN(C(=O)c1ccccc1)c1nc2c(C)cc(Cl)cc2s1.Cl. The number of aromatic nitrogens is 1. The molecule has 0 saturated carbocycles. The van der Waals surface area contributed by atoms with Crippen LogP contribution in [0.5, 0.6) is 0 Å². The predicted octanol–water partition coefficient (Wildman–Crippen LogP) is 5.67. The lowest BCUT2D eigenvalue weighted by molar-refractivity contribution is 0.0984. The molecule has 3 rings (SSSR count). The highest BCUT2D eigenvalue weighted by molar-refractivity contribution is 7.22. The minimum absolute atomic E-state index is 0. The molecule has 2 aromatic carbocycles. The zero-order valence-corrected chi connectivity index (χ0v) is 18.7. The Kier molecular flexibility index (Phi) is 8.25. The van der Waals surface area contributed by atoms with E-state index in [0.717, 1.165) is 40.5 Å². The van der Waals surface area contributed by atoms with Crippen LogP contribution < -0.4 is 4.90 Å². The lowest BCUT2D eigenvalue weighted by atomic mass is 10.2. The van der Waals surface area contributed by atoms with Gasteiger partial charge in [0.2, 0.25) is 0 Å². The molecule has 0 aliphatic heterocycles. The molecule has 28 heavy (non-hydrogen) atoms. The molecule has 0 saturated heterocycles. The molecule has 0 fully saturated rings. The lowest BCUT2D eigenvalue weighted by Gasteiger charge is -2.24. The maximum absolute atomic E-state index is 13.2. The van der Waals surface area contributed by atoms with Gasteiger partial charge in [0.25, 0.3) is 5.91 Å². The second-order valence-electron chi connectivity index (χ2n) is 6.42. The van der Waals surface area contributed by atoms with Gasteiger partial charge in [-0.05, 0) is 49.8 Å². The molecular weight excluding hydrogens is 413 g/mol. The van der Waals surface area contributed by atoms with Crippen LogP contribution in [0.15, 0.2) is 42.5 Å². The minimum Gasteiger partial charge on any atom is -0.302 e. The molecule has 3 aromatic rings. The molecule has 7 heteroatoms. The number of fused-ring (bicyclic) bond motifs is 1. The van der Waals surface area contributed by atoms with Crippen molar-refractivity contribution in [3.8, 4) is 0 Å². The van der Waals surface area contributed by atoms with Crippen molar-refractivity contribution in [3.63, 3.8) is 0 Å². The van der Waals surface area contributed by atoms with Gasteiger partial charge in [0.1, 0.15) is 0 Å². The molecule has 0 spiro atoms. The van der Waals surface area contributed by atoms with Crippen LogP contribution in [0.1, 0.15) is 29.8 Å². The lowest BCUT2D eigenvalue weighted by Crippen LogP contribution is -2.38. The molecule has 0 bridgehead atoms. The molecular formula is C21H25Cl2N3OS. The number of rotatable bonds is 7. The number of hydrogen-bond acceptors (Lipinski definition) is 4. The van der Waals surface area contributed by atoms with Crippen LogP contribution in [-0.4, -0.2) is 42.0 Å². The third-order valence-electron chi connectivity index (χ3n) is 4.67. The summed E-state index contributed by atoms with van der Waals surface area (Å²) in [6.07, 6.45) is 0. The van der Waals surface area contributed by atoms with Gasteiger partial charge in [-0.15, -0.1) is 12.4 Å². The van der Waals surface area contributed by atoms with Crippen molar-refractivity contribution in [2.75, 3.05) is 31.1 Å². The number of amides is 1. The van der Waals surface area contributed by atoms with E-state index in [4.69, 9.17) is 16.6 Å². The van der Waals surface area contributed by atoms with Gasteiger partial charge < -0.3 is 4.90 Å². The number of benzene rings is 2. The van der Waals surface area contributed by atoms with Crippen LogP contribution in [0.2, 0.25) is 5.02 Å². The first-order valence-electron chi connectivity index (χ1n) is 9.19. The number of thiazole rings is 1. The summed E-state index contributed by atoms with van der Waals surface area (Å²) in [4.78, 5) is 22.1. The minimum atomic E-state index is -0.0226. The van der Waals surface area contributed by atoms with Crippen molar-refractivity contribution in [2.24, 2.45) is 0 Å². The van der Waals surface area contributed by atoms with E-state index >= 15 is 0 Å². The summed E-state index contributed by atoms with van der Waals surface area (Å²) in [7, 11) is 0. The number of carbonyl (C=O) groups is 1. The first-order chi connectivity index (χ1) is 13.0. The van der Waals surface area contributed by atoms with Crippen LogP contribution in [0.25, 0.3) is 10.2 Å². The third-order valence-corrected chi connectivity index (χ3v) is 5.91. The average molecular weight is 438 g/mol. The summed E-state index contributed by atoms with van der Waals surface area (Å²) < 4.78 is 1.00. The highest BCUT2D eigenvalue weighted by atomic mass is 35.5. The van der Waals surface area contributed by atoms with Crippen molar-refractivity contribution in [1.82, 2.24) is 9.88 Å². The number of carbonyl (C=O) groups excluding carboxylic acids is 1. The van der Waals surface area contributed by atoms with E-state index < -0.39 is 0 Å². The van der Waals surface area contributed by atoms with Gasteiger partial charge in [0.15, 0.2) is 5.13 Å². The monoisotopic (exact) mass is 437 g/mol. The van der Waals surface area contributed by atoms with Crippen molar-refractivity contribution in [3.05, 3.63) is 58.6 Å². The number of hydrogen-bond donors (Lipinski definition) is 0. The van der Waals surface area contributed by atoms with Crippen LogP contribution in [0.4, 0.5) is 5.13 Å². The smallest absolute Gasteiger partial charge is 0.260 e. The number of anilines is 1. The Morgan fingerprint density at radius 1 is 1.11 bits per heavy atom. The number of nitrogens with zero attached hydrogens (tertiary/aromatic N) is 3. The Bertz CT molecular complexity index is 926. The fourth-order valence-electron chi connectivity index (χ4n) is 3.06. The maximum atomic E-state index is 13.2. The van der Waals surface area contributed by atoms with E-state index in [2.05, 4.69) is 18.7 Å². The molecule has 1 heterocycles. The molecule has 0 radical (unpaired) electrons. The summed E-state index contributed by atoms with van der Waals surface area (Å²) in [6.45, 7) is 9.59. The molecule has 0 aliphatic carbocycles. The molecule has 0 atom stereocenters. The Morgan fingerprint density at radius 3 is 2.43 bits per heavy atom. The predicted molar refractivity (Wildman–Crippen MR) is 123 cm³/mol. The quantitative estimate of drug-likeness (QED) is 0.477. The second kappa shape index (κ2) is 10.2. The van der Waals surface area contributed by atoms with Gasteiger partial charge in [-0.25, -0.2) is 4.98 Å². The summed E-state index contributed by atoms with van der Waals surface area (Å²) >= 11 is 7.72. The largest absolute Gasteiger partial charge is 0.302 e. The van der Waals surface area contributed by atoms with Gasteiger partial charge >= 0.3 is 0 Å². The van der Waals surface area contributed by atoms with E-state index in [9.17, 15) is 4.79 Å². The molecule has 150 valence electrons.